The lowest BCUT2D eigenvalue weighted by Gasteiger charge is -2.20. The fourth-order valence-electron chi connectivity index (χ4n) is 3.30. The molecule has 2 aliphatic heterocycles. The van der Waals surface area contributed by atoms with Crippen LogP contribution in [0.2, 0.25) is 0 Å². The largest absolute Gasteiger partial charge is 0.318 e. The first-order valence-electron chi connectivity index (χ1n) is 9.11. The Kier molecular flexibility index (Phi) is 4.55. The van der Waals surface area contributed by atoms with Gasteiger partial charge >= 0.3 is 0 Å². The number of para-hydroxylation sites is 1. The molecule has 0 spiro atoms. The van der Waals surface area contributed by atoms with E-state index in [1.54, 1.807) is 6.08 Å². The first-order valence-corrected chi connectivity index (χ1v) is 9.93. The molecular formula is C21H21N5OS. The van der Waals surface area contributed by atoms with Crippen molar-refractivity contribution in [2.24, 2.45) is 16.0 Å². The molecule has 2 aliphatic rings. The molecule has 4 rings (SSSR count). The van der Waals surface area contributed by atoms with E-state index in [-0.39, 0.29) is 17.3 Å². The Morgan fingerprint density at radius 3 is 2.57 bits per heavy atom. The number of hydrogen-bond donors (Lipinski definition) is 1. The molecule has 28 heavy (non-hydrogen) atoms. The second-order valence-electron chi connectivity index (χ2n) is 7.11. The first-order chi connectivity index (χ1) is 13.4. The highest BCUT2D eigenvalue weighted by Crippen LogP contribution is 2.31. The van der Waals surface area contributed by atoms with Gasteiger partial charge in [0.25, 0.3) is 5.91 Å². The minimum Gasteiger partial charge on any atom is -0.318 e. The van der Waals surface area contributed by atoms with Crippen molar-refractivity contribution in [3.63, 3.8) is 0 Å². The lowest BCUT2D eigenvalue weighted by Crippen LogP contribution is -2.35. The van der Waals surface area contributed by atoms with Gasteiger partial charge in [0.2, 0.25) is 5.17 Å². The van der Waals surface area contributed by atoms with Gasteiger partial charge in [-0.15, -0.1) is 0 Å². The van der Waals surface area contributed by atoms with Crippen molar-refractivity contribution in [1.82, 2.24) is 9.58 Å². The van der Waals surface area contributed by atoms with Crippen LogP contribution in [0.25, 0.3) is 11.8 Å². The van der Waals surface area contributed by atoms with Gasteiger partial charge in [0.1, 0.15) is 5.04 Å². The lowest BCUT2D eigenvalue weighted by molar-refractivity contribution is -0.114. The van der Waals surface area contributed by atoms with Gasteiger partial charge in [0.05, 0.1) is 5.57 Å². The summed E-state index contributed by atoms with van der Waals surface area (Å²) in [5, 5.41) is 15.8. The monoisotopic (exact) mass is 391 g/mol. The van der Waals surface area contributed by atoms with Gasteiger partial charge in [-0.2, -0.15) is 15.1 Å². The normalized spacial score (nSPS) is 18.0. The number of hydrogen-bond acceptors (Lipinski definition) is 4. The van der Waals surface area contributed by atoms with Crippen LogP contribution in [-0.2, 0) is 4.79 Å². The number of hydrazone groups is 1. The summed E-state index contributed by atoms with van der Waals surface area (Å²) in [6.07, 6.45) is 1.75. The van der Waals surface area contributed by atoms with E-state index in [0.717, 1.165) is 27.7 Å². The minimum atomic E-state index is -0.395. The van der Waals surface area contributed by atoms with Gasteiger partial charge < -0.3 is 4.57 Å². The number of aliphatic imine (C=N–C) groups is 1. The van der Waals surface area contributed by atoms with Crippen LogP contribution in [0, 0.1) is 25.2 Å². The van der Waals surface area contributed by atoms with Crippen LogP contribution < -0.4 is 0 Å². The van der Waals surface area contributed by atoms with E-state index in [0.29, 0.717) is 5.17 Å². The number of aryl methyl sites for hydroxylation is 1. The van der Waals surface area contributed by atoms with Gasteiger partial charge in [-0.05, 0) is 55.4 Å². The molecule has 3 heterocycles. The van der Waals surface area contributed by atoms with Crippen molar-refractivity contribution >= 4 is 39.8 Å². The van der Waals surface area contributed by atoms with E-state index in [1.807, 2.05) is 64.1 Å². The van der Waals surface area contributed by atoms with Crippen molar-refractivity contribution in [1.29, 1.82) is 5.41 Å². The van der Waals surface area contributed by atoms with Crippen LogP contribution in [0.3, 0.4) is 0 Å². The summed E-state index contributed by atoms with van der Waals surface area (Å²) in [7, 11) is 0. The Balaban J connectivity index is 1.75. The maximum Gasteiger partial charge on any atom is 0.283 e. The maximum atomic E-state index is 12.6. The van der Waals surface area contributed by atoms with Crippen LogP contribution in [0.1, 0.15) is 30.8 Å². The van der Waals surface area contributed by atoms with E-state index >= 15 is 0 Å². The Hall–Kier alpha value is -2.93. The molecule has 7 heteroatoms. The summed E-state index contributed by atoms with van der Waals surface area (Å²) in [5.41, 5.74) is 4.29. The highest BCUT2D eigenvalue weighted by atomic mass is 32.2. The number of aromatic nitrogens is 1. The van der Waals surface area contributed by atoms with Gasteiger partial charge in [-0.3, -0.25) is 10.2 Å². The van der Waals surface area contributed by atoms with Gasteiger partial charge in [-0.1, -0.05) is 32.0 Å². The molecule has 0 unspecified atom stereocenters. The highest BCUT2D eigenvalue weighted by molar-refractivity contribution is 8.27. The van der Waals surface area contributed by atoms with Crippen LogP contribution in [-0.4, -0.2) is 31.5 Å². The lowest BCUT2D eigenvalue weighted by atomic mass is 10.1. The molecule has 0 bridgehead atoms. The van der Waals surface area contributed by atoms with Crippen LogP contribution in [0.4, 0.5) is 0 Å². The average Bonchev–Trinajstić information content (AvgIpc) is 3.20. The third-order valence-corrected chi connectivity index (χ3v) is 5.96. The number of amides is 1. The Bertz CT molecular complexity index is 1080. The number of amidine groups is 2. The molecule has 0 aliphatic carbocycles. The van der Waals surface area contributed by atoms with Crippen LogP contribution in [0.5, 0.6) is 0 Å². The summed E-state index contributed by atoms with van der Waals surface area (Å²) in [4.78, 5) is 16.8. The zero-order valence-electron chi connectivity index (χ0n) is 16.2. The van der Waals surface area contributed by atoms with Gasteiger partial charge in [0.15, 0.2) is 5.84 Å². The number of nitrogens with zero attached hydrogens (tertiary/aromatic N) is 4. The fraction of sp³-hybridized carbons (Fsp3) is 0.238. The summed E-state index contributed by atoms with van der Waals surface area (Å²) in [5.74, 6) is -0.102. The summed E-state index contributed by atoms with van der Waals surface area (Å²) < 4.78 is 2.14. The molecular weight excluding hydrogens is 370 g/mol. The summed E-state index contributed by atoms with van der Waals surface area (Å²) in [6, 6.07) is 12.1. The predicted octanol–water partition coefficient (Wildman–Crippen LogP) is 4.37. The van der Waals surface area contributed by atoms with E-state index < -0.39 is 5.91 Å². The molecule has 2 aromatic rings. The highest BCUT2D eigenvalue weighted by Gasteiger charge is 2.36. The zero-order valence-corrected chi connectivity index (χ0v) is 17.0. The van der Waals surface area contributed by atoms with Gasteiger partial charge in [0, 0.05) is 23.0 Å². The number of thioether (sulfide) groups is 1. The fourth-order valence-corrected chi connectivity index (χ4v) is 4.20. The molecule has 1 aromatic carbocycles. The van der Waals surface area contributed by atoms with E-state index in [9.17, 15) is 4.79 Å². The van der Waals surface area contributed by atoms with Crippen molar-refractivity contribution in [3.05, 3.63) is 58.9 Å². The molecule has 0 saturated heterocycles. The van der Waals surface area contributed by atoms with Crippen molar-refractivity contribution in [2.45, 2.75) is 27.7 Å². The second-order valence-corrected chi connectivity index (χ2v) is 8.10. The average molecular weight is 392 g/mol. The summed E-state index contributed by atoms with van der Waals surface area (Å²) in [6.45, 7) is 8.11. The SMILES string of the molecule is Cc1cc(/C=C2/C(=N)N3N=C(C(C)C)SC3=NC2=O)c(C)n1-c1ccccc1. The number of carbonyl (C=O) groups is 1. The summed E-state index contributed by atoms with van der Waals surface area (Å²) >= 11 is 1.36. The standard InChI is InChI=1S/C21H21N5OS/c1-12(2)20-24-26-18(22)17(19(27)23-21(26)28-20)11-15-10-13(3)25(14(15)4)16-8-6-5-7-9-16/h5-12,22H,1-4H3/b17-11-,22-18?. The topological polar surface area (TPSA) is 73.8 Å². The van der Waals surface area contributed by atoms with E-state index in [2.05, 4.69) is 14.7 Å². The van der Waals surface area contributed by atoms with Crippen molar-refractivity contribution < 1.29 is 4.79 Å². The van der Waals surface area contributed by atoms with E-state index in [4.69, 9.17) is 5.41 Å². The van der Waals surface area contributed by atoms with E-state index in [1.165, 1.54) is 16.8 Å². The molecule has 1 aromatic heterocycles. The molecule has 0 radical (unpaired) electrons. The van der Waals surface area contributed by atoms with Crippen LogP contribution >= 0.6 is 11.8 Å². The molecule has 142 valence electrons. The second kappa shape index (κ2) is 6.91. The number of carbonyl (C=O) groups excluding carboxylic acids is 1. The number of fused-ring (bicyclic) bond motifs is 1. The molecule has 0 saturated carbocycles. The Morgan fingerprint density at radius 1 is 1.18 bits per heavy atom. The third-order valence-electron chi connectivity index (χ3n) is 4.75. The Labute approximate surface area is 168 Å². The first kappa shape index (κ1) is 18.4. The van der Waals surface area contributed by atoms with Crippen LogP contribution in [0.15, 0.2) is 52.1 Å². The smallest absolute Gasteiger partial charge is 0.283 e. The van der Waals surface area contributed by atoms with Crippen molar-refractivity contribution in [3.8, 4) is 5.69 Å². The Morgan fingerprint density at radius 2 is 1.89 bits per heavy atom. The zero-order chi connectivity index (χ0) is 20.0. The number of rotatable bonds is 3. The van der Waals surface area contributed by atoms with Gasteiger partial charge in [-0.25, -0.2) is 0 Å². The molecule has 1 N–H and O–H groups in total. The predicted molar refractivity (Wildman–Crippen MR) is 115 cm³/mol. The number of nitrogens with one attached hydrogen (secondary N) is 1. The number of benzene rings is 1. The third kappa shape index (κ3) is 3.01. The molecule has 1 amide bonds. The molecule has 0 fully saturated rings. The van der Waals surface area contributed by atoms with Crippen molar-refractivity contribution in [2.75, 3.05) is 0 Å². The minimum absolute atomic E-state index is 0.0719. The maximum absolute atomic E-state index is 12.6. The molecule has 6 nitrogen and oxygen atoms in total. The quantitative estimate of drug-likeness (QED) is 0.790. The molecule has 0 atom stereocenters.